The highest BCUT2D eigenvalue weighted by Crippen LogP contribution is 2.32. The van der Waals surface area contributed by atoms with Gasteiger partial charge in [-0.3, -0.25) is 9.69 Å². The number of aliphatic carboxylic acids is 2. The van der Waals surface area contributed by atoms with Crippen molar-refractivity contribution in [1.82, 2.24) is 9.80 Å². The molecule has 184 valence electrons. The monoisotopic (exact) mass is 482 g/mol. The molecule has 1 amide bonds. The Balaban J connectivity index is 0.000000604. The number of benzene rings is 2. The molecule has 11 heteroatoms. The van der Waals surface area contributed by atoms with E-state index in [9.17, 15) is 18.0 Å². The lowest BCUT2D eigenvalue weighted by Crippen LogP contribution is -2.49. The maximum atomic E-state index is 13.1. The number of hydrogen-bond donors (Lipinski definition) is 2. The first kappa shape index (κ1) is 26.7. The molecule has 1 aliphatic rings. The second-order valence-electron chi connectivity index (χ2n) is 7.53. The van der Waals surface area contributed by atoms with Crippen LogP contribution in [0.25, 0.3) is 0 Å². The summed E-state index contributed by atoms with van der Waals surface area (Å²) in [5.41, 5.74) is 0.718. The highest BCUT2D eigenvalue weighted by atomic mass is 19.4. The van der Waals surface area contributed by atoms with Gasteiger partial charge in [-0.1, -0.05) is 30.3 Å². The van der Waals surface area contributed by atoms with Crippen molar-refractivity contribution in [1.29, 1.82) is 0 Å². The number of amides is 1. The Kier molecular flexibility index (Phi) is 9.43. The number of aryl methyl sites for hydroxylation is 1. The van der Waals surface area contributed by atoms with E-state index in [0.717, 1.165) is 11.6 Å². The lowest BCUT2D eigenvalue weighted by molar-refractivity contribution is -0.159. The molecule has 1 heterocycles. The molecule has 0 aliphatic carbocycles. The van der Waals surface area contributed by atoms with E-state index in [4.69, 9.17) is 24.5 Å². The Bertz CT molecular complexity index is 992. The van der Waals surface area contributed by atoms with Gasteiger partial charge in [-0.05, 0) is 36.2 Å². The van der Waals surface area contributed by atoms with Crippen molar-refractivity contribution in [2.24, 2.45) is 0 Å². The van der Waals surface area contributed by atoms with Gasteiger partial charge in [0, 0.05) is 32.7 Å². The smallest absolute Gasteiger partial charge is 0.416 e. The van der Waals surface area contributed by atoms with Crippen molar-refractivity contribution in [3.05, 3.63) is 65.2 Å². The fraction of sp³-hybridized carbons (Fsp3) is 0.348. The molecular weight excluding hydrogens is 457 g/mol. The quantitative estimate of drug-likeness (QED) is 0.631. The summed E-state index contributed by atoms with van der Waals surface area (Å²) in [5, 5.41) is 14.8. The van der Waals surface area contributed by atoms with Crippen LogP contribution < -0.4 is 4.74 Å². The summed E-state index contributed by atoms with van der Waals surface area (Å²) in [7, 11) is 0. The Hall–Kier alpha value is -3.60. The van der Waals surface area contributed by atoms with Crippen LogP contribution in [0, 0.1) is 6.92 Å². The number of nitrogens with zero attached hydrogens (tertiary/aromatic N) is 2. The van der Waals surface area contributed by atoms with Crippen molar-refractivity contribution < 1.29 is 42.5 Å². The number of piperazine rings is 1. The zero-order valence-electron chi connectivity index (χ0n) is 18.4. The van der Waals surface area contributed by atoms with Crippen LogP contribution in [0.5, 0.6) is 5.75 Å². The molecule has 2 aromatic carbocycles. The Morgan fingerprint density at radius 3 is 2.12 bits per heavy atom. The summed E-state index contributed by atoms with van der Waals surface area (Å²) < 4.78 is 45.0. The molecule has 0 spiro atoms. The van der Waals surface area contributed by atoms with Gasteiger partial charge in [0.1, 0.15) is 5.75 Å². The molecule has 1 saturated heterocycles. The Labute approximate surface area is 194 Å². The number of hydrogen-bond acceptors (Lipinski definition) is 5. The minimum atomic E-state index is -4.36. The lowest BCUT2D eigenvalue weighted by atomic mass is 10.1. The predicted molar refractivity (Wildman–Crippen MR) is 115 cm³/mol. The first-order chi connectivity index (χ1) is 16.0. The minimum Gasteiger partial charge on any atom is -0.484 e. The van der Waals surface area contributed by atoms with Crippen LogP contribution in [-0.4, -0.2) is 70.6 Å². The number of carboxylic acids is 2. The molecule has 2 N–H and O–H groups in total. The number of ether oxygens (including phenoxy) is 1. The lowest BCUT2D eigenvalue weighted by Gasteiger charge is -2.35. The number of carbonyl (C=O) groups is 3. The summed E-state index contributed by atoms with van der Waals surface area (Å²) in [5.74, 6) is -3.11. The zero-order chi connectivity index (χ0) is 25.3. The molecule has 3 rings (SSSR count). The third-order valence-electron chi connectivity index (χ3n) is 4.98. The van der Waals surface area contributed by atoms with Gasteiger partial charge in [0.2, 0.25) is 0 Å². The first-order valence-corrected chi connectivity index (χ1v) is 10.3. The maximum Gasteiger partial charge on any atom is 0.416 e. The SMILES string of the molecule is Cc1cccc(OCC(=O)N2CCN(Cc3ccccc3C(F)(F)F)CC2)c1.O=C(O)C(=O)O. The summed E-state index contributed by atoms with van der Waals surface area (Å²) >= 11 is 0. The Morgan fingerprint density at radius 2 is 1.56 bits per heavy atom. The average molecular weight is 482 g/mol. The van der Waals surface area contributed by atoms with Gasteiger partial charge in [0.05, 0.1) is 5.56 Å². The largest absolute Gasteiger partial charge is 0.484 e. The van der Waals surface area contributed by atoms with Crippen LogP contribution in [0.15, 0.2) is 48.5 Å². The molecule has 8 nitrogen and oxygen atoms in total. The molecule has 0 bridgehead atoms. The van der Waals surface area contributed by atoms with Gasteiger partial charge >= 0.3 is 18.1 Å². The van der Waals surface area contributed by atoms with Gasteiger partial charge in [-0.2, -0.15) is 13.2 Å². The van der Waals surface area contributed by atoms with Gasteiger partial charge in [0.25, 0.3) is 5.91 Å². The summed E-state index contributed by atoms with van der Waals surface area (Å²) in [6.07, 6.45) is -4.36. The zero-order valence-corrected chi connectivity index (χ0v) is 18.4. The molecule has 0 saturated carbocycles. The van der Waals surface area contributed by atoms with Gasteiger partial charge in [-0.15, -0.1) is 0 Å². The van der Waals surface area contributed by atoms with Crippen molar-refractivity contribution in [3.8, 4) is 5.75 Å². The van der Waals surface area contributed by atoms with E-state index in [-0.39, 0.29) is 24.6 Å². The molecule has 0 aromatic heterocycles. The van der Waals surface area contributed by atoms with Crippen LogP contribution in [0.3, 0.4) is 0 Å². The number of alkyl halides is 3. The average Bonchev–Trinajstić information content (AvgIpc) is 2.78. The number of carboxylic acid groups (broad SMARTS) is 2. The van der Waals surface area contributed by atoms with Gasteiger partial charge in [0.15, 0.2) is 6.61 Å². The van der Waals surface area contributed by atoms with Crippen LogP contribution >= 0.6 is 0 Å². The van der Waals surface area contributed by atoms with E-state index in [1.54, 1.807) is 17.0 Å². The summed E-state index contributed by atoms with van der Waals surface area (Å²) in [4.78, 5) is 34.2. The fourth-order valence-corrected chi connectivity index (χ4v) is 3.27. The topological polar surface area (TPSA) is 107 Å². The van der Waals surface area contributed by atoms with Crippen molar-refractivity contribution >= 4 is 17.8 Å². The molecule has 1 fully saturated rings. The predicted octanol–water partition coefficient (Wildman–Crippen LogP) is 2.89. The standard InChI is InChI=1S/C21H23F3N2O2.C2H2O4/c1-16-5-4-7-18(13-16)28-15-20(27)26-11-9-25(10-12-26)14-17-6-2-3-8-19(17)21(22,23)24;3-1(4)2(5)6/h2-8,13H,9-12,14-15H2,1H3;(H,3,4)(H,5,6). The molecule has 0 atom stereocenters. The normalized spacial score (nSPS) is 14.1. The maximum absolute atomic E-state index is 13.1. The van der Waals surface area contributed by atoms with Crippen molar-refractivity contribution in [3.63, 3.8) is 0 Å². The third-order valence-corrected chi connectivity index (χ3v) is 4.98. The minimum absolute atomic E-state index is 0.0413. The second kappa shape index (κ2) is 12.0. The van der Waals surface area contributed by atoms with Crippen LogP contribution in [0.2, 0.25) is 0 Å². The highest BCUT2D eigenvalue weighted by molar-refractivity contribution is 6.27. The van der Waals surface area contributed by atoms with E-state index in [1.807, 2.05) is 30.0 Å². The van der Waals surface area contributed by atoms with E-state index >= 15 is 0 Å². The van der Waals surface area contributed by atoms with Crippen LogP contribution in [-0.2, 0) is 27.1 Å². The second-order valence-corrected chi connectivity index (χ2v) is 7.53. The molecule has 0 unspecified atom stereocenters. The molecular formula is C23H25F3N2O6. The summed E-state index contributed by atoms with van der Waals surface area (Å²) in [6, 6.07) is 13.1. The third kappa shape index (κ3) is 8.39. The molecule has 34 heavy (non-hydrogen) atoms. The Morgan fingerprint density at radius 1 is 0.941 bits per heavy atom. The van der Waals surface area contributed by atoms with E-state index < -0.39 is 23.7 Å². The van der Waals surface area contributed by atoms with Gasteiger partial charge in [-0.25, -0.2) is 9.59 Å². The van der Waals surface area contributed by atoms with Crippen molar-refractivity contribution in [2.45, 2.75) is 19.6 Å². The number of halogens is 3. The van der Waals surface area contributed by atoms with E-state index in [2.05, 4.69) is 0 Å². The van der Waals surface area contributed by atoms with E-state index in [0.29, 0.717) is 31.9 Å². The molecule has 2 aromatic rings. The number of carbonyl (C=O) groups excluding carboxylic acids is 1. The van der Waals surface area contributed by atoms with Crippen LogP contribution in [0.4, 0.5) is 13.2 Å². The number of rotatable bonds is 5. The van der Waals surface area contributed by atoms with Gasteiger partial charge < -0.3 is 19.8 Å². The molecule has 0 radical (unpaired) electrons. The highest BCUT2D eigenvalue weighted by Gasteiger charge is 2.33. The van der Waals surface area contributed by atoms with E-state index in [1.165, 1.54) is 12.1 Å². The first-order valence-electron chi connectivity index (χ1n) is 10.3. The molecule has 1 aliphatic heterocycles. The van der Waals surface area contributed by atoms with Crippen molar-refractivity contribution in [2.75, 3.05) is 32.8 Å². The fourth-order valence-electron chi connectivity index (χ4n) is 3.27. The van der Waals surface area contributed by atoms with Crippen LogP contribution in [0.1, 0.15) is 16.7 Å². The summed E-state index contributed by atoms with van der Waals surface area (Å²) in [6.45, 7) is 4.14.